The minimum absolute atomic E-state index is 0.273. The highest BCUT2D eigenvalue weighted by Gasteiger charge is 2.46. The van der Waals surface area contributed by atoms with Gasteiger partial charge in [0.05, 0.1) is 5.41 Å². The Kier molecular flexibility index (Phi) is 9.13. The Labute approximate surface area is 278 Å². The molecule has 0 aliphatic heterocycles. The first-order chi connectivity index (χ1) is 23.0. The number of aryl methyl sites for hydroxylation is 2. The van der Waals surface area contributed by atoms with Gasteiger partial charge < -0.3 is 10.2 Å². The van der Waals surface area contributed by atoms with Crippen molar-refractivity contribution in [2.45, 2.75) is 46.0 Å². The summed E-state index contributed by atoms with van der Waals surface area (Å²) in [4.78, 5) is 0. The first kappa shape index (κ1) is 31.6. The van der Waals surface area contributed by atoms with Crippen LogP contribution >= 0.6 is 0 Å². The molecule has 0 amide bonds. The molecule has 8 rings (SSSR count). The van der Waals surface area contributed by atoms with Crippen LogP contribution in [0.15, 0.2) is 146 Å². The minimum Gasteiger partial charge on any atom is -0.508 e. The number of rotatable bonds is 4. The average molecular weight is 615 g/mol. The van der Waals surface area contributed by atoms with Gasteiger partial charge in [-0.25, -0.2) is 0 Å². The van der Waals surface area contributed by atoms with Gasteiger partial charge in [-0.1, -0.05) is 137 Å². The van der Waals surface area contributed by atoms with E-state index in [1.54, 1.807) is 12.1 Å². The summed E-state index contributed by atoms with van der Waals surface area (Å²) in [5, 5.41) is 24.2. The molecule has 2 N–H and O–H groups in total. The van der Waals surface area contributed by atoms with Crippen molar-refractivity contribution in [1.29, 1.82) is 0 Å². The third-order valence-corrected chi connectivity index (χ3v) is 9.31. The number of phenolic OH excluding ortho intramolecular Hbond substituents is 2. The largest absolute Gasteiger partial charge is 0.508 e. The molecule has 0 aromatic heterocycles. The van der Waals surface area contributed by atoms with Crippen LogP contribution in [0.1, 0.15) is 61.1 Å². The van der Waals surface area contributed by atoms with Crippen LogP contribution in [0.25, 0.3) is 32.7 Å². The molecule has 0 bridgehead atoms. The lowest BCUT2D eigenvalue weighted by molar-refractivity contribution is 0.475. The van der Waals surface area contributed by atoms with Crippen molar-refractivity contribution in [2.24, 2.45) is 0 Å². The summed E-state index contributed by atoms with van der Waals surface area (Å²) in [5.41, 5.74) is 9.76. The Hall–Kier alpha value is -5.34. The molecule has 2 nitrogen and oxygen atoms in total. The number of phenols is 2. The first-order valence-electron chi connectivity index (χ1n) is 16.7. The molecule has 0 unspecified atom stereocenters. The second kappa shape index (κ2) is 13.6. The van der Waals surface area contributed by atoms with Gasteiger partial charge in [0.2, 0.25) is 0 Å². The Morgan fingerprint density at radius 2 is 0.787 bits per heavy atom. The highest BCUT2D eigenvalue weighted by Crippen LogP contribution is 2.56. The van der Waals surface area contributed by atoms with Crippen LogP contribution in [-0.2, 0) is 18.3 Å². The Bertz CT molecular complexity index is 2000. The summed E-state index contributed by atoms with van der Waals surface area (Å²) >= 11 is 0. The lowest BCUT2D eigenvalue weighted by Crippen LogP contribution is -2.28. The Balaban J connectivity index is 0.000000276. The summed E-state index contributed by atoms with van der Waals surface area (Å²) in [6, 6.07) is 50.4. The number of hydrogen-bond acceptors (Lipinski definition) is 2. The topological polar surface area (TPSA) is 40.5 Å². The van der Waals surface area contributed by atoms with E-state index in [1.165, 1.54) is 44.5 Å². The molecule has 1 aliphatic rings. The smallest absolute Gasteiger partial charge is 0.116 e. The van der Waals surface area contributed by atoms with E-state index in [-0.39, 0.29) is 11.5 Å². The molecule has 7 aromatic rings. The quantitative estimate of drug-likeness (QED) is 0.207. The SMILES string of the molecule is CC.CCc1ccc(CC)cc1.Oc1ccc2cc(C3(c4ccc5cc(O)ccc5c4)c4ccccc4-c4ccccc43)ccc2c1. The second-order valence-corrected chi connectivity index (χ2v) is 11.9. The fourth-order valence-electron chi connectivity index (χ4n) is 6.97. The van der Waals surface area contributed by atoms with Gasteiger partial charge in [0.1, 0.15) is 11.5 Å². The Morgan fingerprint density at radius 1 is 0.426 bits per heavy atom. The van der Waals surface area contributed by atoms with E-state index in [0.29, 0.717) is 0 Å². The molecule has 0 spiro atoms. The maximum Gasteiger partial charge on any atom is 0.116 e. The molecule has 47 heavy (non-hydrogen) atoms. The van der Waals surface area contributed by atoms with E-state index in [1.807, 2.05) is 38.1 Å². The highest BCUT2D eigenvalue weighted by atomic mass is 16.3. The summed E-state index contributed by atoms with van der Waals surface area (Å²) in [6.45, 7) is 8.36. The zero-order chi connectivity index (χ0) is 33.0. The standard InChI is InChI=1S/C33H22O2.C10H14.C2H6/c34-27-15-11-21-17-25(13-9-23(21)19-27)33(26-14-10-24-20-28(35)16-12-22(24)18-26)31-7-3-1-5-29(31)30-6-2-4-8-32(30)33;1-3-9-5-7-10(4-2)8-6-9;1-2/h1-20,34-35H;5-8H,3-4H2,1-2H3;1-2H3. The molecule has 1 aliphatic carbocycles. The molecule has 0 fully saturated rings. The summed E-state index contributed by atoms with van der Waals surface area (Å²) in [5.74, 6) is 0.545. The van der Waals surface area contributed by atoms with Crippen LogP contribution in [0.3, 0.4) is 0 Å². The van der Waals surface area contributed by atoms with E-state index in [9.17, 15) is 10.2 Å². The van der Waals surface area contributed by atoms with Gasteiger partial charge >= 0.3 is 0 Å². The maximum atomic E-state index is 10.0. The predicted molar refractivity (Wildman–Crippen MR) is 199 cm³/mol. The van der Waals surface area contributed by atoms with E-state index in [4.69, 9.17) is 0 Å². The van der Waals surface area contributed by atoms with Gasteiger partial charge in [0.15, 0.2) is 0 Å². The van der Waals surface area contributed by atoms with Crippen LogP contribution in [-0.4, -0.2) is 10.2 Å². The van der Waals surface area contributed by atoms with Crippen molar-refractivity contribution in [3.8, 4) is 22.6 Å². The molecule has 0 saturated carbocycles. The fraction of sp³-hybridized carbons (Fsp3) is 0.156. The van der Waals surface area contributed by atoms with Crippen LogP contribution in [0.4, 0.5) is 0 Å². The van der Waals surface area contributed by atoms with E-state index >= 15 is 0 Å². The van der Waals surface area contributed by atoms with Crippen molar-refractivity contribution in [3.63, 3.8) is 0 Å². The summed E-state index contributed by atoms with van der Waals surface area (Å²) < 4.78 is 0. The van der Waals surface area contributed by atoms with Crippen molar-refractivity contribution in [3.05, 3.63) is 179 Å². The zero-order valence-corrected chi connectivity index (χ0v) is 27.7. The molecule has 2 heteroatoms. The van der Waals surface area contributed by atoms with Crippen LogP contribution in [0.2, 0.25) is 0 Å². The zero-order valence-electron chi connectivity index (χ0n) is 27.7. The number of benzene rings is 7. The third-order valence-electron chi connectivity index (χ3n) is 9.31. The molecule has 0 atom stereocenters. The molecular formula is C45H42O2. The first-order valence-corrected chi connectivity index (χ1v) is 16.7. The fourth-order valence-corrected chi connectivity index (χ4v) is 6.97. The number of fused-ring (bicyclic) bond motifs is 5. The van der Waals surface area contributed by atoms with Crippen LogP contribution in [0.5, 0.6) is 11.5 Å². The number of aromatic hydroxyl groups is 2. The average Bonchev–Trinajstić information content (AvgIpc) is 3.43. The summed E-state index contributed by atoms with van der Waals surface area (Å²) in [7, 11) is 0. The minimum atomic E-state index is -0.495. The monoisotopic (exact) mass is 614 g/mol. The maximum absolute atomic E-state index is 10.0. The lowest BCUT2D eigenvalue weighted by Gasteiger charge is -2.34. The molecule has 0 heterocycles. The molecular weight excluding hydrogens is 572 g/mol. The van der Waals surface area contributed by atoms with Crippen molar-refractivity contribution < 1.29 is 10.2 Å². The predicted octanol–water partition coefficient (Wildman–Crippen LogP) is 11.6. The van der Waals surface area contributed by atoms with E-state index < -0.39 is 5.41 Å². The van der Waals surface area contributed by atoms with Crippen molar-refractivity contribution >= 4 is 21.5 Å². The normalized spacial score (nSPS) is 12.3. The van der Waals surface area contributed by atoms with Gasteiger partial charge in [-0.15, -0.1) is 0 Å². The van der Waals surface area contributed by atoms with Crippen LogP contribution < -0.4 is 0 Å². The molecule has 0 radical (unpaired) electrons. The molecule has 0 saturated heterocycles. The van der Waals surface area contributed by atoms with E-state index in [2.05, 4.69) is 123 Å². The Morgan fingerprint density at radius 3 is 1.19 bits per heavy atom. The van der Waals surface area contributed by atoms with Crippen LogP contribution in [0, 0.1) is 0 Å². The number of hydrogen-bond donors (Lipinski definition) is 2. The van der Waals surface area contributed by atoms with Gasteiger partial charge in [0, 0.05) is 0 Å². The van der Waals surface area contributed by atoms with Gasteiger partial charge in [-0.3, -0.25) is 0 Å². The third kappa shape index (κ3) is 5.77. The van der Waals surface area contributed by atoms with E-state index in [0.717, 1.165) is 34.4 Å². The highest BCUT2D eigenvalue weighted by molar-refractivity contribution is 5.92. The van der Waals surface area contributed by atoms with Crippen molar-refractivity contribution in [2.75, 3.05) is 0 Å². The molecule has 234 valence electrons. The summed E-state index contributed by atoms with van der Waals surface area (Å²) in [6.07, 6.45) is 2.29. The lowest BCUT2D eigenvalue weighted by atomic mass is 9.67. The van der Waals surface area contributed by atoms with Gasteiger partial charge in [-0.05, 0) is 115 Å². The van der Waals surface area contributed by atoms with Gasteiger partial charge in [0.25, 0.3) is 0 Å². The van der Waals surface area contributed by atoms with Crippen molar-refractivity contribution in [1.82, 2.24) is 0 Å². The molecule has 7 aromatic carbocycles. The van der Waals surface area contributed by atoms with Gasteiger partial charge in [-0.2, -0.15) is 0 Å². The second-order valence-electron chi connectivity index (χ2n) is 11.9.